The van der Waals surface area contributed by atoms with Gasteiger partial charge in [-0.1, -0.05) is 20.8 Å². The molecule has 2 aliphatic rings. The van der Waals surface area contributed by atoms with E-state index in [9.17, 15) is 14.7 Å². The Kier molecular flexibility index (Phi) is 3.88. The van der Waals surface area contributed by atoms with Gasteiger partial charge in [-0.05, 0) is 42.9 Å². The topological polar surface area (TPSA) is 66.4 Å². The van der Waals surface area contributed by atoms with Crippen LogP contribution in [-0.2, 0) is 9.59 Å². The molecule has 0 aromatic carbocycles. The van der Waals surface area contributed by atoms with E-state index in [0.717, 1.165) is 24.7 Å². The predicted octanol–water partition coefficient (Wildman–Crippen LogP) is 2.29. The molecular formula is C15H25NO3. The molecule has 3 atom stereocenters. The smallest absolute Gasteiger partial charge is 0.308 e. The number of carboxylic acids is 1. The second-order valence-electron chi connectivity index (χ2n) is 7.47. The van der Waals surface area contributed by atoms with Crippen molar-refractivity contribution in [2.24, 2.45) is 29.1 Å². The Balaban J connectivity index is 1.78. The van der Waals surface area contributed by atoms with Crippen molar-refractivity contribution in [3.8, 4) is 0 Å². The molecule has 0 radical (unpaired) electrons. The average Bonchev–Trinajstić information content (AvgIpc) is 2.89. The minimum atomic E-state index is -0.815. The van der Waals surface area contributed by atoms with Gasteiger partial charge in [-0.2, -0.15) is 0 Å². The summed E-state index contributed by atoms with van der Waals surface area (Å²) < 4.78 is 0. The molecule has 4 nitrogen and oxygen atoms in total. The maximum Gasteiger partial charge on any atom is 0.308 e. The Morgan fingerprint density at radius 3 is 2.26 bits per heavy atom. The van der Waals surface area contributed by atoms with Crippen molar-refractivity contribution in [1.29, 1.82) is 0 Å². The van der Waals surface area contributed by atoms with E-state index < -0.39 is 11.9 Å². The zero-order valence-corrected chi connectivity index (χ0v) is 12.1. The number of carbonyl (C=O) groups excluding carboxylic acids is 1. The van der Waals surface area contributed by atoms with Crippen LogP contribution in [0.1, 0.15) is 46.5 Å². The second-order valence-corrected chi connectivity index (χ2v) is 7.47. The fourth-order valence-electron chi connectivity index (χ4n) is 3.28. The standard InChI is InChI=1S/C15H25NO3/c1-15(2,3)7-12(14(18)19)8-16-13(17)11-5-9-4-10(9)6-11/h9-12H,4-8H2,1-3H3,(H,16,17)(H,18,19). The van der Waals surface area contributed by atoms with E-state index in [0.29, 0.717) is 6.42 Å². The van der Waals surface area contributed by atoms with Crippen LogP contribution in [0.5, 0.6) is 0 Å². The minimum absolute atomic E-state index is 0.0389. The Morgan fingerprint density at radius 1 is 1.21 bits per heavy atom. The van der Waals surface area contributed by atoms with Crippen molar-refractivity contribution in [2.45, 2.75) is 46.5 Å². The molecule has 2 fully saturated rings. The summed E-state index contributed by atoms with van der Waals surface area (Å²) in [5.41, 5.74) is -0.0389. The predicted molar refractivity (Wildman–Crippen MR) is 72.5 cm³/mol. The molecule has 0 spiro atoms. The van der Waals surface area contributed by atoms with E-state index >= 15 is 0 Å². The van der Waals surface area contributed by atoms with Crippen molar-refractivity contribution in [3.63, 3.8) is 0 Å². The third-order valence-corrected chi connectivity index (χ3v) is 4.35. The molecule has 0 aromatic rings. The van der Waals surface area contributed by atoms with Gasteiger partial charge in [-0.15, -0.1) is 0 Å². The molecule has 4 heteroatoms. The molecule has 0 bridgehead atoms. The first-order valence-corrected chi connectivity index (χ1v) is 7.27. The largest absolute Gasteiger partial charge is 0.481 e. The number of carbonyl (C=O) groups is 2. The minimum Gasteiger partial charge on any atom is -0.481 e. The molecular weight excluding hydrogens is 242 g/mol. The Bertz CT molecular complexity index is 362. The van der Waals surface area contributed by atoms with Gasteiger partial charge in [0.15, 0.2) is 0 Å². The second kappa shape index (κ2) is 5.14. The molecule has 19 heavy (non-hydrogen) atoms. The van der Waals surface area contributed by atoms with Crippen LogP contribution in [0.25, 0.3) is 0 Å². The average molecular weight is 267 g/mol. The first-order chi connectivity index (χ1) is 8.76. The van der Waals surface area contributed by atoms with Gasteiger partial charge in [0.1, 0.15) is 0 Å². The zero-order chi connectivity index (χ0) is 14.2. The number of amides is 1. The zero-order valence-electron chi connectivity index (χ0n) is 12.1. The van der Waals surface area contributed by atoms with Crippen molar-refractivity contribution in [3.05, 3.63) is 0 Å². The van der Waals surface area contributed by atoms with Crippen molar-refractivity contribution in [2.75, 3.05) is 6.54 Å². The van der Waals surface area contributed by atoms with Gasteiger partial charge in [0, 0.05) is 12.5 Å². The first kappa shape index (κ1) is 14.4. The maximum absolute atomic E-state index is 12.0. The lowest BCUT2D eigenvalue weighted by Crippen LogP contribution is -2.37. The van der Waals surface area contributed by atoms with Crippen LogP contribution in [-0.4, -0.2) is 23.5 Å². The molecule has 0 saturated heterocycles. The highest BCUT2D eigenvalue weighted by molar-refractivity contribution is 5.80. The van der Waals surface area contributed by atoms with E-state index in [2.05, 4.69) is 5.32 Å². The number of fused-ring (bicyclic) bond motifs is 1. The fraction of sp³-hybridized carbons (Fsp3) is 0.867. The third kappa shape index (κ3) is 3.95. The van der Waals surface area contributed by atoms with E-state index in [1.807, 2.05) is 20.8 Å². The third-order valence-electron chi connectivity index (χ3n) is 4.35. The summed E-state index contributed by atoms with van der Waals surface area (Å²) in [7, 11) is 0. The number of aliphatic carboxylic acids is 1. The molecule has 2 rings (SSSR count). The summed E-state index contributed by atoms with van der Waals surface area (Å²) in [6, 6.07) is 0. The summed E-state index contributed by atoms with van der Waals surface area (Å²) in [5.74, 6) is 0.450. The molecule has 0 aliphatic heterocycles. The molecule has 3 unspecified atom stereocenters. The lowest BCUT2D eigenvalue weighted by molar-refractivity contribution is -0.142. The number of nitrogens with one attached hydrogen (secondary N) is 1. The van der Waals surface area contributed by atoms with Gasteiger partial charge in [-0.3, -0.25) is 9.59 Å². The number of rotatable bonds is 5. The van der Waals surface area contributed by atoms with Crippen LogP contribution >= 0.6 is 0 Å². The monoisotopic (exact) mass is 267 g/mol. The van der Waals surface area contributed by atoms with Crippen LogP contribution in [0.2, 0.25) is 0 Å². The number of carboxylic acid groups (broad SMARTS) is 1. The normalized spacial score (nSPS) is 30.6. The quantitative estimate of drug-likeness (QED) is 0.803. The molecule has 108 valence electrons. The number of hydrogen-bond acceptors (Lipinski definition) is 2. The van der Waals surface area contributed by atoms with Gasteiger partial charge >= 0.3 is 5.97 Å². The van der Waals surface area contributed by atoms with E-state index in [1.165, 1.54) is 6.42 Å². The molecule has 1 amide bonds. The summed E-state index contributed by atoms with van der Waals surface area (Å²) in [5, 5.41) is 12.1. The fourth-order valence-corrected chi connectivity index (χ4v) is 3.28. The van der Waals surface area contributed by atoms with Gasteiger partial charge in [0.25, 0.3) is 0 Å². The summed E-state index contributed by atoms with van der Waals surface area (Å²) in [4.78, 5) is 23.2. The molecule has 0 heterocycles. The van der Waals surface area contributed by atoms with E-state index in [1.54, 1.807) is 0 Å². The van der Waals surface area contributed by atoms with Crippen LogP contribution < -0.4 is 5.32 Å². The van der Waals surface area contributed by atoms with Crippen LogP contribution in [0.4, 0.5) is 0 Å². The number of hydrogen-bond donors (Lipinski definition) is 2. The molecule has 2 aliphatic carbocycles. The van der Waals surface area contributed by atoms with Crippen molar-refractivity contribution in [1.82, 2.24) is 5.32 Å². The summed E-state index contributed by atoms with van der Waals surface area (Å²) in [6.45, 7) is 6.33. The van der Waals surface area contributed by atoms with Crippen LogP contribution in [0.3, 0.4) is 0 Å². The molecule has 2 N–H and O–H groups in total. The van der Waals surface area contributed by atoms with Crippen LogP contribution in [0.15, 0.2) is 0 Å². The summed E-state index contributed by atoms with van der Waals surface area (Å²) >= 11 is 0. The Labute approximate surface area is 115 Å². The molecule has 2 saturated carbocycles. The van der Waals surface area contributed by atoms with E-state index in [-0.39, 0.29) is 23.8 Å². The molecule has 0 aromatic heterocycles. The maximum atomic E-state index is 12.0. The van der Waals surface area contributed by atoms with Crippen molar-refractivity contribution >= 4 is 11.9 Å². The Morgan fingerprint density at radius 2 is 1.79 bits per heavy atom. The first-order valence-electron chi connectivity index (χ1n) is 7.27. The SMILES string of the molecule is CC(C)(C)CC(CNC(=O)C1CC2CC2C1)C(=O)O. The van der Waals surface area contributed by atoms with Gasteiger partial charge < -0.3 is 10.4 Å². The highest BCUT2D eigenvalue weighted by Crippen LogP contribution is 2.54. The van der Waals surface area contributed by atoms with Crippen molar-refractivity contribution < 1.29 is 14.7 Å². The lowest BCUT2D eigenvalue weighted by atomic mass is 9.84. The van der Waals surface area contributed by atoms with Gasteiger partial charge in [0.2, 0.25) is 5.91 Å². The Hall–Kier alpha value is -1.06. The lowest BCUT2D eigenvalue weighted by Gasteiger charge is -2.24. The van der Waals surface area contributed by atoms with Gasteiger partial charge in [-0.25, -0.2) is 0 Å². The van der Waals surface area contributed by atoms with Gasteiger partial charge in [0.05, 0.1) is 5.92 Å². The van der Waals surface area contributed by atoms with Crippen LogP contribution in [0, 0.1) is 29.1 Å². The highest BCUT2D eigenvalue weighted by Gasteiger charge is 2.48. The highest BCUT2D eigenvalue weighted by atomic mass is 16.4. The summed E-state index contributed by atoms with van der Waals surface area (Å²) in [6.07, 6.45) is 3.89. The van der Waals surface area contributed by atoms with E-state index in [4.69, 9.17) is 0 Å².